The highest BCUT2D eigenvalue weighted by molar-refractivity contribution is 7.92. The van der Waals surface area contributed by atoms with Gasteiger partial charge in [0.15, 0.2) is 0 Å². The van der Waals surface area contributed by atoms with Crippen LogP contribution < -0.4 is 4.72 Å². The number of anilines is 1. The molecule has 2 atom stereocenters. The van der Waals surface area contributed by atoms with E-state index >= 15 is 0 Å². The number of fused-ring (bicyclic) bond motifs is 3. The number of piperidine rings is 1. The van der Waals surface area contributed by atoms with Crippen LogP contribution >= 0.6 is 0 Å². The number of hydrogen-bond acceptors (Lipinski definition) is 4. The Morgan fingerprint density at radius 2 is 1.81 bits per heavy atom. The number of aryl methyl sites for hydroxylation is 1. The molecule has 1 aliphatic heterocycles. The smallest absolute Gasteiger partial charge is 0.229 e. The highest BCUT2D eigenvalue weighted by Gasteiger charge is 2.55. The van der Waals surface area contributed by atoms with Gasteiger partial charge in [0.2, 0.25) is 10.0 Å². The summed E-state index contributed by atoms with van der Waals surface area (Å²) >= 11 is 0. The molecule has 2 aromatic carbocycles. The minimum absolute atomic E-state index is 0.370. The third kappa shape index (κ3) is 3.62. The van der Waals surface area contributed by atoms with E-state index in [1.807, 2.05) is 19.2 Å². The average molecular weight is 454 g/mol. The fraction of sp³-hybridized carbons (Fsp3) is 0.440. The molecule has 1 aliphatic carbocycles. The Morgan fingerprint density at radius 1 is 1.09 bits per heavy atom. The predicted molar refractivity (Wildman–Crippen MR) is 128 cm³/mol. The summed E-state index contributed by atoms with van der Waals surface area (Å²) in [5, 5.41) is 1.32. The molecule has 0 radical (unpaired) electrons. The van der Waals surface area contributed by atoms with Crippen LogP contribution in [0, 0.1) is 11.8 Å². The van der Waals surface area contributed by atoms with Crippen LogP contribution in [0.2, 0.25) is 0 Å². The molecule has 2 heterocycles. The molecule has 2 bridgehead atoms. The molecule has 7 heteroatoms. The Balaban J connectivity index is 1.42. The number of sulfonamides is 1. The Hall–Kier alpha value is -2.35. The van der Waals surface area contributed by atoms with Crippen molar-refractivity contribution >= 4 is 26.6 Å². The number of ether oxygens (including phenoxy) is 1. The first-order valence-corrected chi connectivity index (χ1v) is 13.1. The van der Waals surface area contributed by atoms with Gasteiger partial charge in [0.25, 0.3) is 0 Å². The summed E-state index contributed by atoms with van der Waals surface area (Å²) in [6.45, 7) is 2.87. The van der Waals surface area contributed by atoms with Gasteiger partial charge in [-0.3, -0.25) is 9.62 Å². The molecule has 2 aliphatic rings. The number of nitrogens with zero attached hydrogens (tertiary/aromatic N) is 2. The molecular weight excluding hydrogens is 422 g/mol. The standard InChI is InChI=1S/C25H31N3O3S/c1-27-14-18(23-9-4-5-10-24(23)27)15-28-16-20-11-12-21(17-28)25(20,31-2)19-7-6-8-22(13-19)26-32(3,29)30/h4-10,13-14,20-21,26H,11-12,15-17H2,1-3H3. The summed E-state index contributed by atoms with van der Waals surface area (Å²) in [6.07, 6.45) is 5.68. The van der Waals surface area contributed by atoms with Gasteiger partial charge in [-0.1, -0.05) is 30.3 Å². The Morgan fingerprint density at radius 3 is 2.50 bits per heavy atom. The summed E-state index contributed by atoms with van der Waals surface area (Å²) in [5.74, 6) is 0.740. The normalized spacial score (nSPS) is 26.0. The third-order valence-corrected chi connectivity index (χ3v) is 7.97. The second-order valence-electron chi connectivity index (χ2n) is 9.40. The van der Waals surface area contributed by atoms with Crippen molar-refractivity contribution in [3.63, 3.8) is 0 Å². The summed E-state index contributed by atoms with van der Waals surface area (Å²) in [5.41, 5.74) is 3.94. The van der Waals surface area contributed by atoms with Crippen LogP contribution in [-0.4, -0.2) is 44.3 Å². The fourth-order valence-corrected chi connectivity index (χ4v) is 6.76. The SMILES string of the molecule is COC1(c2cccc(NS(C)(=O)=O)c2)C2CCC1CN(Cc1cn(C)c3ccccc13)C2. The van der Waals surface area contributed by atoms with Crippen molar-refractivity contribution < 1.29 is 13.2 Å². The molecule has 1 N–H and O–H groups in total. The van der Waals surface area contributed by atoms with Crippen LogP contribution in [0.25, 0.3) is 10.9 Å². The Bertz CT molecular complexity index is 1240. The Labute approximate surface area is 190 Å². The number of methoxy groups -OCH3 is 1. The van der Waals surface area contributed by atoms with Crippen molar-refractivity contribution in [1.82, 2.24) is 9.47 Å². The van der Waals surface area contributed by atoms with Crippen molar-refractivity contribution in [2.24, 2.45) is 18.9 Å². The summed E-state index contributed by atoms with van der Waals surface area (Å²) in [4.78, 5) is 2.57. The molecule has 1 aromatic heterocycles. The first-order chi connectivity index (χ1) is 15.3. The minimum Gasteiger partial charge on any atom is -0.373 e. The van der Waals surface area contributed by atoms with E-state index in [2.05, 4.69) is 57.8 Å². The number of nitrogens with one attached hydrogen (secondary N) is 1. The topological polar surface area (TPSA) is 63.6 Å². The van der Waals surface area contributed by atoms with Gasteiger partial charge >= 0.3 is 0 Å². The lowest BCUT2D eigenvalue weighted by atomic mass is 9.74. The van der Waals surface area contributed by atoms with E-state index in [0.717, 1.165) is 38.0 Å². The van der Waals surface area contributed by atoms with Crippen molar-refractivity contribution in [2.45, 2.75) is 25.0 Å². The molecule has 1 saturated carbocycles. The number of rotatable bonds is 6. The molecule has 6 nitrogen and oxygen atoms in total. The quantitative estimate of drug-likeness (QED) is 0.614. The average Bonchev–Trinajstić information content (AvgIpc) is 3.16. The fourth-order valence-electron chi connectivity index (χ4n) is 6.20. The highest BCUT2D eigenvalue weighted by atomic mass is 32.2. The largest absolute Gasteiger partial charge is 0.373 e. The van der Waals surface area contributed by atoms with Crippen LogP contribution in [0.1, 0.15) is 24.0 Å². The lowest BCUT2D eigenvalue weighted by Gasteiger charge is -2.47. The maximum Gasteiger partial charge on any atom is 0.229 e. The van der Waals surface area contributed by atoms with Gasteiger partial charge in [0.1, 0.15) is 5.60 Å². The van der Waals surface area contributed by atoms with Crippen molar-refractivity contribution in [3.05, 3.63) is 65.9 Å². The minimum atomic E-state index is -3.32. The van der Waals surface area contributed by atoms with E-state index in [-0.39, 0.29) is 5.60 Å². The van der Waals surface area contributed by atoms with Crippen molar-refractivity contribution in [2.75, 3.05) is 31.2 Å². The zero-order chi connectivity index (χ0) is 22.5. The number of para-hydroxylation sites is 1. The van der Waals surface area contributed by atoms with Crippen LogP contribution in [0.3, 0.4) is 0 Å². The van der Waals surface area contributed by atoms with Crippen molar-refractivity contribution in [1.29, 1.82) is 0 Å². The second kappa shape index (κ2) is 7.90. The van der Waals surface area contributed by atoms with Gasteiger partial charge in [0.05, 0.1) is 6.26 Å². The van der Waals surface area contributed by atoms with Gasteiger partial charge < -0.3 is 9.30 Å². The zero-order valence-corrected chi connectivity index (χ0v) is 19.7. The maximum atomic E-state index is 11.7. The highest BCUT2D eigenvalue weighted by Crippen LogP contribution is 2.54. The first-order valence-electron chi connectivity index (χ1n) is 11.2. The number of benzene rings is 2. The molecule has 0 spiro atoms. The number of likely N-dealkylation sites (tertiary alicyclic amines) is 1. The molecule has 2 unspecified atom stereocenters. The number of hydrogen-bond donors (Lipinski definition) is 1. The first kappa shape index (κ1) is 21.5. The molecule has 2 fully saturated rings. The zero-order valence-electron chi connectivity index (χ0n) is 18.9. The lowest BCUT2D eigenvalue weighted by molar-refractivity contribution is -0.120. The molecule has 1 saturated heterocycles. The van der Waals surface area contributed by atoms with Crippen LogP contribution in [0.15, 0.2) is 54.7 Å². The molecule has 0 amide bonds. The van der Waals surface area contributed by atoms with Gasteiger partial charge in [-0.15, -0.1) is 0 Å². The van der Waals surface area contributed by atoms with E-state index in [1.54, 1.807) is 6.07 Å². The van der Waals surface area contributed by atoms with Crippen molar-refractivity contribution in [3.8, 4) is 0 Å². The van der Waals surface area contributed by atoms with Crippen LogP contribution in [-0.2, 0) is 34.0 Å². The van der Waals surface area contributed by atoms with Gasteiger partial charge in [-0.25, -0.2) is 8.42 Å². The van der Waals surface area contributed by atoms with E-state index in [9.17, 15) is 8.42 Å². The predicted octanol–water partition coefficient (Wildman–Crippen LogP) is 3.93. The lowest BCUT2D eigenvalue weighted by Crippen LogP contribution is -2.52. The molecule has 170 valence electrons. The molecule has 5 rings (SSSR count). The molecule has 32 heavy (non-hydrogen) atoms. The number of aromatic nitrogens is 1. The van der Waals surface area contributed by atoms with E-state index < -0.39 is 10.0 Å². The van der Waals surface area contributed by atoms with Gasteiger partial charge in [-0.2, -0.15) is 0 Å². The summed E-state index contributed by atoms with van der Waals surface area (Å²) in [7, 11) is 0.595. The van der Waals surface area contributed by atoms with E-state index in [4.69, 9.17) is 4.74 Å². The van der Waals surface area contributed by atoms with Crippen LogP contribution in [0.4, 0.5) is 5.69 Å². The molecule has 3 aromatic rings. The Kier molecular flexibility index (Phi) is 5.31. The van der Waals surface area contributed by atoms with Gasteiger partial charge in [-0.05, 0) is 42.2 Å². The second-order valence-corrected chi connectivity index (χ2v) is 11.1. The van der Waals surface area contributed by atoms with E-state index in [1.165, 1.54) is 22.7 Å². The third-order valence-electron chi connectivity index (χ3n) is 7.36. The monoisotopic (exact) mass is 453 g/mol. The summed E-state index contributed by atoms with van der Waals surface area (Å²) in [6, 6.07) is 16.3. The van der Waals surface area contributed by atoms with E-state index in [0.29, 0.717) is 17.5 Å². The maximum absolute atomic E-state index is 11.7. The summed E-state index contributed by atoms with van der Waals surface area (Å²) < 4.78 is 34.6. The van der Waals surface area contributed by atoms with Crippen LogP contribution in [0.5, 0.6) is 0 Å². The van der Waals surface area contributed by atoms with Gasteiger partial charge in [0, 0.05) is 68.4 Å². The molecular formula is C25H31N3O3S.